The summed E-state index contributed by atoms with van der Waals surface area (Å²) < 4.78 is 2.30. The van der Waals surface area contributed by atoms with Gasteiger partial charge in [0.1, 0.15) is 6.17 Å². The number of nitrogen functional groups attached to an aromatic ring is 1. The largest absolute Gasteiger partial charge is 0.398 e. The first-order chi connectivity index (χ1) is 22.0. The van der Waals surface area contributed by atoms with E-state index < -0.39 is 0 Å². The molecule has 228 valence electrons. The number of amides is 2. The van der Waals surface area contributed by atoms with Gasteiger partial charge >= 0.3 is 0 Å². The Kier molecular flexibility index (Phi) is 9.28. The summed E-state index contributed by atoms with van der Waals surface area (Å²) >= 11 is 8.32. The molecule has 10 heteroatoms. The van der Waals surface area contributed by atoms with Crippen molar-refractivity contribution in [3.63, 3.8) is 0 Å². The molecular formula is C35H33ClN6O2S. The van der Waals surface area contributed by atoms with Crippen LogP contribution in [-0.2, 0) is 4.79 Å². The standard InChI is InChI=1S/C24H23ClN4OS.C11H10N2O/c25-20-12-9-17(15-19(20)23-27-21-5-1-2-6-22(21)28-23)26-24(30)16-7-10-18(11-8-16)29-13-3-4-14-31-29;12-10-5-1-4-9-8(10)3-2-6-11(9)13-7-14/h1-2,5-12,15,23,27-28H,3-4,13-14H2,(H,26,30);1-7H,12H2,(H,13,14). The topological polar surface area (TPSA) is 112 Å². The minimum atomic E-state index is -0.150. The third-order valence-electron chi connectivity index (χ3n) is 7.68. The number of nitrogens with two attached hydrogens (primary N) is 1. The Morgan fingerprint density at radius 2 is 1.62 bits per heavy atom. The zero-order chi connectivity index (χ0) is 31.2. The number of nitrogens with one attached hydrogen (secondary N) is 4. The van der Waals surface area contributed by atoms with Crippen molar-refractivity contribution in [3.05, 3.63) is 119 Å². The highest BCUT2D eigenvalue weighted by Gasteiger charge is 2.23. The van der Waals surface area contributed by atoms with Crippen molar-refractivity contribution in [2.75, 3.05) is 43.6 Å². The molecule has 1 fully saturated rings. The van der Waals surface area contributed by atoms with E-state index in [1.807, 2.05) is 115 Å². The predicted octanol–water partition coefficient (Wildman–Crippen LogP) is 8.37. The molecule has 8 nitrogen and oxygen atoms in total. The fourth-order valence-corrected chi connectivity index (χ4v) is 6.70. The number of carbonyl (C=O) groups excluding carboxylic acids is 2. The molecule has 0 atom stereocenters. The van der Waals surface area contributed by atoms with Gasteiger partial charge in [-0.1, -0.05) is 48.0 Å². The summed E-state index contributed by atoms with van der Waals surface area (Å²) in [6, 6.07) is 32.7. The molecule has 6 N–H and O–H groups in total. The second-order valence-corrected chi connectivity index (χ2v) is 12.2. The molecule has 0 unspecified atom stereocenters. The van der Waals surface area contributed by atoms with E-state index >= 15 is 0 Å². The molecule has 2 amide bonds. The number of halogens is 1. The average molecular weight is 637 g/mol. The Labute approximate surface area is 271 Å². The van der Waals surface area contributed by atoms with E-state index in [4.69, 9.17) is 17.3 Å². The number of hydrogen-bond acceptors (Lipinski definition) is 7. The number of benzene rings is 5. The Morgan fingerprint density at radius 1 is 0.889 bits per heavy atom. The highest BCUT2D eigenvalue weighted by molar-refractivity contribution is 8.00. The number of fused-ring (bicyclic) bond motifs is 2. The first-order valence-corrected chi connectivity index (χ1v) is 16.0. The summed E-state index contributed by atoms with van der Waals surface area (Å²) in [6.07, 6.45) is 2.99. The van der Waals surface area contributed by atoms with Crippen LogP contribution in [0.3, 0.4) is 0 Å². The fraction of sp³-hybridized carbons (Fsp3) is 0.143. The lowest BCUT2D eigenvalue weighted by atomic mass is 10.1. The van der Waals surface area contributed by atoms with Crippen LogP contribution in [0.1, 0.15) is 34.9 Å². The van der Waals surface area contributed by atoms with E-state index in [0.717, 1.165) is 57.1 Å². The third-order valence-corrected chi connectivity index (χ3v) is 9.20. The van der Waals surface area contributed by atoms with E-state index in [1.165, 1.54) is 12.8 Å². The summed E-state index contributed by atoms with van der Waals surface area (Å²) in [5.41, 5.74) is 12.7. The molecule has 0 aromatic heterocycles. The maximum Gasteiger partial charge on any atom is 0.255 e. The molecule has 2 heterocycles. The second-order valence-electron chi connectivity index (χ2n) is 10.7. The van der Waals surface area contributed by atoms with Crippen molar-refractivity contribution in [2.45, 2.75) is 19.0 Å². The molecule has 5 aromatic rings. The van der Waals surface area contributed by atoms with Crippen LogP contribution in [0.5, 0.6) is 0 Å². The molecule has 2 aliphatic rings. The Morgan fingerprint density at radius 3 is 2.33 bits per heavy atom. The number of carbonyl (C=O) groups is 2. The van der Waals surface area contributed by atoms with Crippen LogP contribution >= 0.6 is 23.5 Å². The van der Waals surface area contributed by atoms with Crippen LogP contribution in [-0.4, -0.2) is 24.6 Å². The summed E-state index contributed by atoms with van der Waals surface area (Å²) in [6.45, 7) is 1.05. The first kappa shape index (κ1) is 30.2. The maximum atomic E-state index is 12.8. The smallest absolute Gasteiger partial charge is 0.255 e. The lowest BCUT2D eigenvalue weighted by Crippen LogP contribution is -2.21. The number of para-hydroxylation sites is 2. The predicted molar refractivity (Wildman–Crippen MR) is 189 cm³/mol. The van der Waals surface area contributed by atoms with Gasteiger partial charge in [0.15, 0.2) is 0 Å². The molecule has 7 rings (SSSR count). The van der Waals surface area contributed by atoms with Gasteiger partial charge in [-0.2, -0.15) is 0 Å². The molecule has 0 radical (unpaired) electrons. The van der Waals surface area contributed by atoms with Crippen LogP contribution in [0.2, 0.25) is 5.02 Å². The Balaban J connectivity index is 0.000000213. The molecule has 1 saturated heterocycles. The molecular weight excluding hydrogens is 604 g/mol. The van der Waals surface area contributed by atoms with Crippen LogP contribution < -0.4 is 31.3 Å². The van der Waals surface area contributed by atoms with Crippen molar-refractivity contribution < 1.29 is 9.59 Å². The van der Waals surface area contributed by atoms with Gasteiger partial charge in [-0.25, -0.2) is 0 Å². The van der Waals surface area contributed by atoms with E-state index in [0.29, 0.717) is 22.7 Å². The van der Waals surface area contributed by atoms with E-state index in [2.05, 4.69) is 25.6 Å². The lowest BCUT2D eigenvalue weighted by molar-refractivity contribution is -0.105. The van der Waals surface area contributed by atoms with E-state index in [9.17, 15) is 9.59 Å². The number of hydrogen-bond donors (Lipinski definition) is 5. The zero-order valence-electron chi connectivity index (χ0n) is 24.4. The van der Waals surface area contributed by atoms with E-state index in [-0.39, 0.29) is 12.1 Å². The van der Waals surface area contributed by atoms with Crippen LogP contribution in [0.4, 0.5) is 34.1 Å². The normalized spacial score (nSPS) is 13.9. The molecule has 0 aliphatic carbocycles. The number of nitrogens with zero attached hydrogens (tertiary/aromatic N) is 1. The number of rotatable bonds is 6. The quantitative estimate of drug-likeness (QED) is 0.0723. The van der Waals surface area contributed by atoms with Gasteiger partial charge in [0.2, 0.25) is 6.41 Å². The molecule has 5 aromatic carbocycles. The van der Waals surface area contributed by atoms with Gasteiger partial charge in [-0.05, 0) is 91.5 Å². The minimum Gasteiger partial charge on any atom is -0.398 e. The fourth-order valence-electron chi connectivity index (χ4n) is 5.39. The third kappa shape index (κ3) is 6.95. The zero-order valence-corrected chi connectivity index (χ0v) is 26.0. The summed E-state index contributed by atoms with van der Waals surface area (Å²) in [5.74, 6) is 1.01. The molecule has 2 aliphatic heterocycles. The molecule has 0 saturated carbocycles. The summed E-state index contributed by atoms with van der Waals surface area (Å²) in [7, 11) is 0. The molecule has 45 heavy (non-hydrogen) atoms. The highest BCUT2D eigenvalue weighted by Crippen LogP contribution is 2.38. The van der Waals surface area contributed by atoms with Gasteiger partial charge in [-0.3, -0.25) is 9.59 Å². The lowest BCUT2D eigenvalue weighted by Gasteiger charge is -2.27. The van der Waals surface area contributed by atoms with Crippen molar-refractivity contribution in [1.29, 1.82) is 0 Å². The van der Waals surface area contributed by atoms with Crippen molar-refractivity contribution in [1.82, 2.24) is 0 Å². The Hall–Kier alpha value is -4.86. The monoisotopic (exact) mass is 636 g/mol. The first-order valence-electron chi connectivity index (χ1n) is 14.7. The van der Waals surface area contributed by atoms with Crippen LogP contribution in [0.15, 0.2) is 103 Å². The van der Waals surface area contributed by atoms with E-state index in [1.54, 1.807) is 0 Å². The van der Waals surface area contributed by atoms with Gasteiger partial charge < -0.3 is 31.3 Å². The van der Waals surface area contributed by atoms with Crippen molar-refractivity contribution >= 4 is 80.8 Å². The van der Waals surface area contributed by atoms with Crippen molar-refractivity contribution in [2.24, 2.45) is 0 Å². The van der Waals surface area contributed by atoms with Crippen molar-refractivity contribution in [3.8, 4) is 0 Å². The summed E-state index contributed by atoms with van der Waals surface area (Å²) in [5, 5.41) is 15.0. The van der Waals surface area contributed by atoms with Gasteiger partial charge in [-0.15, -0.1) is 0 Å². The Bertz CT molecular complexity index is 1800. The van der Waals surface area contributed by atoms with Gasteiger partial charge in [0.05, 0.1) is 11.4 Å². The summed E-state index contributed by atoms with van der Waals surface area (Å²) in [4.78, 5) is 23.2. The van der Waals surface area contributed by atoms with Crippen LogP contribution in [0.25, 0.3) is 10.8 Å². The average Bonchev–Trinajstić information content (AvgIpc) is 3.51. The van der Waals surface area contributed by atoms with Gasteiger partial charge in [0.25, 0.3) is 5.91 Å². The maximum absolute atomic E-state index is 12.8. The highest BCUT2D eigenvalue weighted by atomic mass is 35.5. The molecule has 0 bridgehead atoms. The number of anilines is 6. The second kappa shape index (κ2) is 13.8. The van der Waals surface area contributed by atoms with Crippen LogP contribution in [0, 0.1) is 0 Å². The SMILES string of the molecule is Nc1cccc2c(NC=O)cccc12.O=C(Nc1ccc(Cl)c(C2Nc3ccccc3N2)c1)c1ccc(N2CCCCS2)cc1. The molecule has 0 spiro atoms. The van der Waals surface area contributed by atoms with Gasteiger partial charge in [0, 0.05) is 62.0 Å². The minimum absolute atomic E-state index is 0.137.